The zero-order valence-electron chi connectivity index (χ0n) is 22.7. The van der Waals surface area contributed by atoms with E-state index in [-0.39, 0.29) is 6.03 Å². The van der Waals surface area contributed by atoms with E-state index >= 15 is 0 Å². The molecule has 2 aromatic carbocycles. The first-order valence-corrected chi connectivity index (χ1v) is 13.8. The summed E-state index contributed by atoms with van der Waals surface area (Å²) < 4.78 is 0. The molecule has 0 bridgehead atoms. The van der Waals surface area contributed by atoms with Crippen LogP contribution >= 0.6 is 0 Å². The van der Waals surface area contributed by atoms with Crippen molar-refractivity contribution in [2.75, 3.05) is 4.90 Å². The van der Waals surface area contributed by atoms with Gasteiger partial charge in [0.05, 0.1) is 11.4 Å². The van der Waals surface area contributed by atoms with Crippen molar-refractivity contribution in [3.05, 3.63) is 57.6 Å². The zero-order chi connectivity index (χ0) is 25.1. The highest BCUT2D eigenvalue weighted by molar-refractivity contribution is 6.00. The minimum atomic E-state index is -0.383. The monoisotopic (exact) mass is 464 g/mol. The Morgan fingerprint density at radius 3 is 1.18 bits per heavy atom. The Hall–Kier alpha value is -2.29. The van der Waals surface area contributed by atoms with E-state index in [1.54, 1.807) is 0 Å². The number of hydrogen-bond donors (Lipinski definition) is 1. The third kappa shape index (κ3) is 6.43. The number of aryl methyl sites for hydroxylation is 2. The lowest BCUT2D eigenvalue weighted by Gasteiger charge is -2.30. The predicted octanol–water partition coefficient (Wildman–Crippen LogP) is 8.62. The zero-order valence-corrected chi connectivity index (χ0v) is 22.7. The molecule has 0 aliphatic rings. The van der Waals surface area contributed by atoms with Gasteiger partial charge in [-0.25, -0.2) is 4.79 Å². The molecule has 2 rings (SSSR count). The van der Waals surface area contributed by atoms with Gasteiger partial charge in [-0.15, -0.1) is 0 Å². The number of amides is 2. The lowest BCUT2D eigenvalue weighted by atomic mass is 9.88. The molecule has 2 N–H and O–H groups in total. The van der Waals surface area contributed by atoms with Crippen LogP contribution in [0.5, 0.6) is 0 Å². The van der Waals surface area contributed by atoms with Gasteiger partial charge in [0.1, 0.15) is 0 Å². The molecule has 0 unspecified atom stereocenters. The second kappa shape index (κ2) is 14.2. The molecule has 0 atom stereocenters. The minimum absolute atomic E-state index is 0.383. The molecule has 0 saturated heterocycles. The van der Waals surface area contributed by atoms with Gasteiger partial charge in [-0.1, -0.05) is 92.2 Å². The summed E-state index contributed by atoms with van der Waals surface area (Å²) in [7, 11) is 0. The maximum absolute atomic E-state index is 13.1. The van der Waals surface area contributed by atoms with Crippen molar-refractivity contribution >= 4 is 17.4 Å². The second-order valence-electron chi connectivity index (χ2n) is 9.58. The van der Waals surface area contributed by atoms with Crippen LogP contribution < -0.4 is 10.6 Å². The summed E-state index contributed by atoms with van der Waals surface area (Å²) in [5.74, 6) is 0. The summed E-state index contributed by atoms with van der Waals surface area (Å²) in [5.41, 5.74) is 16.5. The smallest absolute Gasteiger partial charge is 0.323 e. The Morgan fingerprint density at radius 1 is 0.559 bits per heavy atom. The molecule has 34 heavy (non-hydrogen) atoms. The van der Waals surface area contributed by atoms with E-state index < -0.39 is 0 Å². The molecule has 0 aromatic heterocycles. The fraction of sp³-hybridized carbons (Fsp3) is 0.581. The molecule has 0 saturated carbocycles. The Kier molecular flexibility index (Phi) is 11.7. The Labute approximate surface area is 209 Å². The van der Waals surface area contributed by atoms with E-state index in [2.05, 4.69) is 65.8 Å². The van der Waals surface area contributed by atoms with Gasteiger partial charge in [-0.05, 0) is 84.0 Å². The highest BCUT2D eigenvalue weighted by Gasteiger charge is 2.25. The molecule has 2 aromatic rings. The first kappa shape index (κ1) is 28.0. The number of carbonyl (C=O) groups excluding carboxylic acids is 1. The van der Waals surface area contributed by atoms with E-state index in [1.165, 1.54) is 33.4 Å². The lowest BCUT2D eigenvalue weighted by Crippen LogP contribution is -2.33. The molecule has 2 amide bonds. The van der Waals surface area contributed by atoms with Gasteiger partial charge in [-0.3, -0.25) is 4.90 Å². The summed E-state index contributed by atoms with van der Waals surface area (Å²) in [5, 5.41) is 0. The van der Waals surface area contributed by atoms with Crippen LogP contribution in [0.2, 0.25) is 0 Å². The molecular weight excluding hydrogens is 416 g/mol. The fourth-order valence-corrected chi connectivity index (χ4v) is 5.43. The summed E-state index contributed by atoms with van der Waals surface area (Å²) in [6.45, 7) is 13.4. The third-order valence-electron chi connectivity index (χ3n) is 6.75. The fourth-order valence-electron chi connectivity index (χ4n) is 5.43. The molecule has 3 heteroatoms. The van der Waals surface area contributed by atoms with Gasteiger partial charge in [0.15, 0.2) is 0 Å². The number of carbonyl (C=O) groups is 1. The van der Waals surface area contributed by atoms with Crippen molar-refractivity contribution in [2.45, 2.75) is 119 Å². The van der Waals surface area contributed by atoms with Crippen LogP contribution in [0.25, 0.3) is 0 Å². The Balaban J connectivity index is 2.84. The van der Waals surface area contributed by atoms with Crippen LogP contribution in [0.3, 0.4) is 0 Å². The normalized spacial score (nSPS) is 11.1. The number of primary amides is 1. The topological polar surface area (TPSA) is 46.3 Å². The first-order valence-electron chi connectivity index (χ1n) is 13.8. The summed E-state index contributed by atoms with van der Waals surface area (Å²) >= 11 is 0. The van der Waals surface area contributed by atoms with Crippen LogP contribution in [0.15, 0.2) is 24.3 Å². The summed E-state index contributed by atoms with van der Waals surface area (Å²) in [6, 6.07) is 8.43. The molecule has 0 heterocycles. The van der Waals surface area contributed by atoms with E-state index in [9.17, 15) is 4.79 Å². The van der Waals surface area contributed by atoms with Crippen LogP contribution in [-0.2, 0) is 38.5 Å². The van der Waals surface area contributed by atoms with Crippen LogP contribution in [0, 0.1) is 0 Å². The van der Waals surface area contributed by atoms with Crippen LogP contribution in [0.1, 0.15) is 113 Å². The van der Waals surface area contributed by atoms with Gasteiger partial charge < -0.3 is 5.73 Å². The predicted molar refractivity (Wildman–Crippen MR) is 149 cm³/mol. The molecular formula is C31H48N2O. The maximum atomic E-state index is 13.1. The number of hydrogen-bond acceptors (Lipinski definition) is 1. The number of nitrogens with two attached hydrogens (primary N) is 1. The standard InChI is InChI=1S/C31H48N2O/c1-7-13-23-19-21-29(27(17-11-5)25(23)15-9-3)33(31(32)34)30-22-20-24(14-8-2)26(16-10-4)28(30)18-12-6/h19-22H,7-18H2,1-6H3,(H2,32,34). The molecule has 0 spiro atoms. The average molecular weight is 465 g/mol. The van der Waals surface area contributed by atoms with Crippen molar-refractivity contribution in [1.82, 2.24) is 0 Å². The number of rotatable bonds is 14. The number of benzene rings is 2. The molecule has 188 valence electrons. The summed E-state index contributed by atoms with van der Waals surface area (Å²) in [4.78, 5) is 15.0. The van der Waals surface area contributed by atoms with Gasteiger partial charge in [0.25, 0.3) is 0 Å². The van der Waals surface area contributed by atoms with E-state index in [1.807, 2.05) is 4.90 Å². The quantitative estimate of drug-likeness (QED) is 0.299. The highest BCUT2D eigenvalue weighted by atomic mass is 16.2. The Morgan fingerprint density at radius 2 is 0.882 bits per heavy atom. The van der Waals surface area contributed by atoms with Crippen molar-refractivity contribution < 1.29 is 4.79 Å². The van der Waals surface area contributed by atoms with E-state index in [0.29, 0.717) is 0 Å². The lowest BCUT2D eigenvalue weighted by molar-refractivity contribution is 0.256. The van der Waals surface area contributed by atoms with Gasteiger partial charge in [-0.2, -0.15) is 0 Å². The van der Waals surface area contributed by atoms with Crippen molar-refractivity contribution in [3.63, 3.8) is 0 Å². The molecule has 0 fully saturated rings. The molecule has 0 radical (unpaired) electrons. The SMILES string of the molecule is CCCc1ccc(N(C(N)=O)c2ccc(CCC)c(CCC)c2CCC)c(CCC)c1CCC. The third-order valence-corrected chi connectivity index (χ3v) is 6.75. The van der Waals surface area contributed by atoms with E-state index in [4.69, 9.17) is 5.73 Å². The van der Waals surface area contributed by atoms with Crippen molar-refractivity contribution in [3.8, 4) is 0 Å². The molecule has 0 aliphatic carbocycles. The van der Waals surface area contributed by atoms with Gasteiger partial charge >= 0.3 is 6.03 Å². The Bertz CT molecular complexity index is 862. The van der Waals surface area contributed by atoms with Crippen molar-refractivity contribution in [2.24, 2.45) is 5.73 Å². The van der Waals surface area contributed by atoms with Gasteiger partial charge in [0, 0.05) is 0 Å². The number of nitrogens with zero attached hydrogens (tertiary/aromatic N) is 1. The summed E-state index contributed by atoms with van der Waals surface area (Å²) in [6.07, 6.45) is 12.7. The first-order chi connectivity index (χ1) is 16.5. The average Bonchev–Trinajstić information content (AvgIpc) is 2.81. The minimum Gasteiger partial charge on any atom is -0.351 e. The highest BCUT2D eigenvalue weighted by Crippen LogP contribution is 2.38. The largest absolute Gasteiger partial charge is 0.351 e. The van der Waals surface area contributed by atoms with Crippen LogP contribution in [0.4, 0.5) is 16.2 Å². The van der Waals surface area contributed by atoms with E-state index in [0.717, 1.165) is 88.4 Å². The van der Waals surface area contributed by atoms with Gasteiger partial charge in [0.2, 0.25) is 0 Å². The number of anilines is 2. The second-order valence-corrected chi connectivity index (χ2v) is 9.58. The number of urea groups is 1. The maximum Gasteiger partial charge on any atom is 0.323 e. The van der Waals surface area contributed by atoms with Crippen molar-refractivity contribution in [1.29, 1.82) is 0 Å². The molecule has 3 nitrogen and oxygen atoms in total. The van der Waals surface area contributed by atoms with Crippen LogP contribution in [-0.4, -0.2) is 6.03 Å². The molecule has 0 aliphatic heterocycles.